The van der Waals surface area contributed by atoms with Gasteiger partial charge in [0.2, 0.25) is 5.91 Å². The summed E-state index contributed by atoms with van der Waals surface area (Å²) in [7, 11) is 1.77. The van der Waals surface area contributed by atoms with Crippen LogP contribution in [0, 0.1) is 0 Å². The van der Waals surface area contributed by atoms with Crippen molar-refractivity contribution in [3.8, 4) is 0 Å². The van der Waals surface area contributed by atoms with E-state index in [1.165, 1.54) is 11.8 Å². The number of benzene rings is 2. The lowest BCUT2D eigenvalue weighted by Crippen LogP contribution is -2.27. The number of hydrogen-bond acceptors (Lipinski definition) is 3. The van der Waals surface area contributed by atoms with Crippen molar-refractivity contribution >= 4 is 40.6 Å². The Balaban J connectivity index is 1.98. The summed E-state index contributed by atoms with van der Waals surface area (Å²) in [5.74, 6) is 0.354. The van der Waals surface area contributed by atoms with Crippen LogP contribution in [0.15, 0.2) is 53.4 Å². The molecule has 0 aliphatic heterocycles. The van der Waals surface area contributed by atoms with Crippen molar-refractivity contribution in [1.82, 2.24) is 0 Å². The van der Waals surface area contributed by atoms with Crippen LogP contribution < -0.4 is 10.6 Å². The molecule has 0 aliphatic carbocycles. The number of para-hydroxylation sites is 1. The van der Waals surface area contributed by atoms with Crippen molar-refractivity contribution in [3.63, 3.8) is 0 Å². The van der Waals surface area contributed by atoms with Crippen molar-refractivity contribution in [3.05, 3.63) is 53.6 Å². The molecule has 0 saturated carbocycles. The molecule has 0 spiro atoms. The highest BCUT2D eigenvalue weighted by Gasteiger charge is 2.12. The number of carbonyl (C=O) groups excluding carboxylic acids is 1. The lowest BCUT2D eigenvalue weighted by Gasteiger charge is -2.17. The molecule has 2 N–H and O–H groups in total. The predicted octanol–water partition coefficient (Wildman–Crippen LogP) is 3.68. The number of nitrogens with zero attached hydrogens (tertiary/aromatic N) is 1. The summed E-state index contributed by atoms with van der Waals surface area (Å²) in [4.78, 5) is 14.6. The number of rotatable bonds is 4. The topological polar surface area (TPSA) is 46.3 Å². The first-order chi connectivity index (χ1) is 9.58. The summed E-state index contributed by atoms with van der Waals surface area (Å²) in [6, 6.07) is 14.8. The number of nitrogen functional groups attached to an aromatic ring is 1. The number of nitrogens with two attached hydrogens (primary N) is 1. The number of amides is 1. The van der Waals surface area contributed by atoms with Crippen LogP contribution in [0.4, 0.5) is 11.4 Å². The maximum absolute atomic E-state index is 12.1. The molecule has 0 fully saturated rings. The van der Waals surface area contributed by atoms with Crippen LogP contribution in [0.3, 0.4) is 0 Å². The fraction of sp³-hybridized carbons (Fsp3) is 0.133. The summed E-state index contributed by atoms with van der Waals surface area (Å²) in [6.07, 6.45) is 0. The highest BCUT2D eigenvalue weighted by atomic mass is 35.5. The molecule has 2 rings (SSSR count). The SMILES string of the molecule is CN(C(=O)CSc1ccc(Cl)cc1N)c1ccccc1. The Kier molecular flexibility index (Phi) is 4.93. The molecule has 104 valence electrons. The van der Waals surface area contributed by atoms with Crippen LogP contribution in [0.2, 0.25) is 5.02 Å². The van der Waals surface area contributed by atoms with E-state index in [1.807, 2.05) is 36.4 Å². The van der Waals surface area contributed by atoms with Gasteiger partial charge in [0.15, 0.2) is 0 Å². The van der Waals surface area contributed by atoms with Gasteiger partial charge in [-0.1, -0.05) is 29.8 Å². The Morgan fingerprint density at radius 1 is 1.25 bits per heavy atom. The van der Waals surface area contributed by atoms with Gasteiger partial charge in [-0.3, -0.25) is 4.79 Å². The van der Waals surface area contributed by atoms with Gasteiger partial charge < -0.3 is 10.6 Å². The quantitative estimate of drug-likeness (QED) is 0.692. The zero-order chi connectivity index (χ0) is 14.5. The first-order valence-electron chi connectivity index (χ1n) is 6.07. The molecule has 0 atom stereocenters. The number of hydrogen-bond donors (Lipinski definition) is 1. The van der Waals surface area contributed by atoms with Gasteiger partial charge in [0.1, 0.15) is 0 Å². The normalized spacial score (nSPS) is 10.3. The Labute approximate surface area is 127 Å². The summed E-state index contributed by atoms with van der Waals surface area (Å²) in [6.45, 7) is 0. The average molecular weight is 307 g/mol. The minimum absolute atomic E-state index is 0.0237. The minimum Gasteiger partial charge on any atom is -0.398 e. The van der Waals surface area contributed by atoms with Gasteiger partial charge in [0, 0.05) is 28.3 Å². The van der Waals surface area contributed by atoms with Crippen LogP contribution in [-0.2, 0) is 4.79 Å². The summed E-state index contributed by atoms with van der Waals surface area (Å²) >= 11 is 7.26. The summed E-state index contributed by atoms with van der Waals surface area (Å²) in [5, 5.41) is 0.597. The molecule has 0 radical (unpaired) electrons. The van der Waals surface area contributed by atoms with Crippen LogP contribution in [-0.4, -0.2) is 18.7 Å². The molecule has 0 aliphatic rings. The molecule has 0 unspecified atom stereocenters. The fourth-order valence-corrected chi connectivity index (χ4v) is 2.73. The highest BCUT2D eigenvalue weighted by Crippen LogP contribution is 2.28. The highest BCUT2D eigenvalue weighted by molar-refractivity contribution is 8.00. The van der Waals surface area contributed by atoms with E-state index in [1.54, 1.807) is 24.1 Å². The third-order valence-corrected chi connectivity index (χ3v) is 4.15. The maximum atomic E-state index is 12.1. The molecule has 2 aromatic carbocycles. The summed E-state index contributed by atoms with van der Waals surface area (Å²) < 4.78 is 0. The van der Waals surface area contributed by atoms with Gasteiger partial charge >= 0.3 is 0 Å². The second-order valence-corrected chi connectivity index (χ2v) is 5.71. The van der Waals surface area contributed by atoms with Gasteiger partial charge in [0.05, 0.1) is 5.75 Å². The fourth-order valence-electron chi connectivity index (χ4n) is 1.68. The van der Waals surface area contributed by atoms with Gasteiger partial charge in [0.25, 0.3) is 0 Å². The third-order valence-electron chi connectivity index (χ3n) is 2.84. The van der Waals surface area contributed by atoms with E-state index in [-0.39, 0.29) is 5.91 Å². The molecule has 0 bridgehead atoms. The van der Waals surface area contributed by atoms with Crippen molar-refractivity contribution in [2.75, 3.05) is 23.4 Å². The standard InChI is InChI=1S/C15H15ClN2OS/c1-18(12-5-3-2-4-6-12)15(19)10-20-14-8-7-11(16)9-13(14)17/h2-9H,10,17H2,1H3. The van der Waals surface area contributed by atoms with E-state index in [4.69, 9.17) is 17.3 Å². The second kappa shape index (κ2) is 6.68. The van der Waals surface area contributed by atoms with Crippen molar-refractivity contribution < 1.29 is 4.79 Å². The Morgan fingerprint density at radius 2 is 1.95 bits per heavy atom. The van der Waals surface area contributed by atoms with E-state index < -0.39 is 0 Å². The number of anilines is 2. The second-order valence-electron chi connectivity index (χ2n) is 4.26. The molecule has 0 heterocycles. The van der Waals surface area contributed by atoms with Crippen LogP contribution in [0.1, 0.15) is 0 Å². The lowest BCUT2D eigenvalue weighted by molar-refractivity contribution is -0.115. The van der Waals surface area contributed by atoms with E-state index >= 15 is 0 Å². The molecule has 0 saturated heterocycles. The van der Waals surface area contributed by atoms with Gasteiger partial charge in [-0.05, 0) is 30.3 Å². The Morgan fingerprint density at radius 3 is 2.60 bits per heavy atom. The number of carbonyl (C=O) groups is 1. The van der Waals surface area contributed by atoms with E-state index in [0.717, 1.165) is 10.6 Å². The molecule has 0 aromatic heterocycles. The molecular formula is C15H15ClN2OS. The van der Waals surface area contributed by atoms with Crippen molar-refractivity contribution in [2.45, 2.75) is 4.90 Å². The third kappa shape index (κ3) is 3.68. The molecule has 20 heavy (non-hydrogen) atoms. The van der Waals surface area contributed by atoms with E-state index in [0.29, 0.717) is 16.5 Å². The van der Waals surface area contributed by atoms with Gasteiger partial charge in [-0.2, -0.15) is 0 Å². The Hall–Kier alpha value is -1.65. The largest absolute Gasteiger partial charge is 0.398 e. The van der Waals surface area contributed by atoms with Crippen LogP contribution >= 0.6 is 23.4 Å². The van der Waals surface area contributed by atoms with Crippen LogP contribution in [0.25, 0.3) is 0 Å². The van der Waals surface area contributed by atoms with E-state index in [9.17, 15) is 4.79 Å². The average Bonchev–Trinajstić information content (AvgIpc) is 2.46. The Bertz CT molecular complexity index is 604. The lowest BCUT2D eigenvalue weighted by atomic mass is 10.3. The number of thioether (sulfide) groups is 1. The van der Waals surface area contributed by atoms with Crippen molar-refractivity contribution in [1.29, 1.82) is 0 Å². The molecule has 2 aromatic rings. The monoisotopic (exact) mass is 306 g/mol. The molecular weight excluding hydrogens is 292 g/mol. The first kappa shape index (κ1) is 14.8. The number of halogens is 1. The minimum atomic E-state index is 0.0237. The van der Waals surface area contributed by atoms with Gasteiger partial charge in [-0.25, -0.2) is 0 Å². The smallest absolute Gasteiger partial charge is 0.237 e. The molecule has 5 heteroatoms. The maximum Gasteiger partial charge on any atom is 0.237 e. The molecule has 3 nitrogen and oxygen atoms in total. The zero-order valence-electron chi connectivity index (χ0n) is 11.0. The van der Waals surface area contributed by atoms with Gasteiger partial charge in [-0.15, -0.1) is 11.8 Å². The molecule has 1 amide bonds. The summed E-state index contributed by atoms with van der Waals surface area (Å²) in [5.41, 5.74) is 7.34. The van der Waals surface area contributed by atoms with Crippen LogP contribution in [0.5, 0.6) is 0 Å². The van der Waals surface area contributed by atoms with E-state index in [2.05, 4.69) is 0 Å². The predicted molar refractivity (Wildman–Crippen MR) is 86.4 cm³/mol. The zero-order valence-corrected chi connectivity index (χ0v) is 12.6. The van der Waals surface area contributed by atoms with Crippen molar-refractivity contribution in [2.24, 2.45) is 0 Å². The first-order valence-corrected chi connectivity index (χ1v) is 7.43.